The lowest BCUT2D eigenvalue weighted by Crippen LogP contribution is -2.33. The largest absolute Gasteiger partial charge is 0.481 e. The van der Waals surface area contributed by atoms with E-state index in [0.29, 0.717) is 18.0 Å². The van der Waals surface area contributed by atoms with E-state index in [2.05, 4.69) is 4.90 Å². The van der Waals surface area contributed by atoms with Crippen molar-refractivity contribution < 1.29 is 14.3 Å². The van der Waals surface area contributed by atoms with Crippen LogP contribution in [-0.2, 0) is 11.3 Å². The molecule has 0 spiro atoms. The number of likely N-dealkylation sites (tertiary alicyclic amines) is 1. The molecule has 0 saturated carbocycles. The van der Waals surface area contributed by atoms with Crippen LogP contribution in [0.1, 0.15) is 36.8 Å². The highest BCUT2D eigenvalue weighted by Gasteiger charge is 2.21. The van der Waals surface area contributed by atoms with E-state index in [9.17, 15) is 9.18 Å². The zero-order chi connectivity index (χ0) is 15.2. The highest BCUT2D eigenvalue weighted by atomic mass is 19.1. The molecule has 1 aromatic carbocycles. The summed E-state index contributed by atoms with van der Waals surface area (Å²) in [6, 6.07) is 6.76. The summed E-state index contributed by atoms with van der Waals surface area (Å²) in [6.07, 6.45) is 2.85. The quantitative estimate of drug-likeness (QED) is 0.905. The minimum Gasteiger partial charge on any atom is -0.481 e. The molecule has 21 heavy (non-hydrogen) atoms. The number of aliphatic carboxylic acids is 1. The molecule has 0 bridgehead atoms. The van der Waals surface area contributed by atoms with Gasteiger partial charge in [0.05, 0.1) is 5.56 Å². The van der Waals surface area contributed by atoms with Crippen molar-refractivity contribution in [2.24, 2.45) is 5.92 Å². The number of piperidine rings is 1. The fourth-order valence-corrected chi connectivity index (χ4v) is 2.79. The molecular weight excluding hydrogens is 271 g/mol. The molecule has 5 heteroatoms. The van der Waals surface area contributed by atoms with Gasteiger partial charge < -0.3 is 5.11 Å². The van der Waals surface area contributed by atoms with Gasteiger partial charge in [0.2, 0.25) is 0 Å². The lowest BCUT2D eigenvalue weighted by atomic mass is 9.92. The molecule has 1 fully saturated rings. The minimum atomic E-state index is -0.743. The molecule has 0 aromatic heterocycles. The molecule has 1 aromatic rings. The summed E-state index contributed by atoms with van der Waals surface area (Å²) in [4.78, 5) is 12.7. The summed E-state index contributed by atoms with van der Waals surface area (Å²) in [6.45, 7) is 2.20. The Balaban J connectivity index is 1.87. The average molecular weight is 290 g/mol. The van der Waals surface area contributed by atoms with Crippen LogP contribution in [0.3, 0.4) is 0 Å². The fourth-order valence-electron chi connectivity index (χ4n) is 2.79. The molecule has 1 aliphatic rings. The van der Waals surface area contributed by atoms with Crippen molar-refractivity contribution in [2.75, 3.05) is 13.1 Å². The van der Waals surface area contributed by atoms with Crippen LogP contribution in [-0.4, -0.2) is 29.1 Å². The molecule has 2 rings (SSSR count). The molecule has 1 aliphatic heterocycles. The van der Waals surface area contributed by atoms with E-state index in [1.807, 2.05) is 6.07 Å². The van der Waals surface area contributed by atoms with Crippen LogP contribution in [0.25, 0.3) is 0 Å². The average Bonchev–Trinajstić information content (AvgIpc) is 2.48. The number of carboxylic acid groups (broad SMARTS) is 1. The Bertz CT molecular complexity index is 546. The first-order valence-electron chi connectivity index (χ1n) is 7.21. The van der Waals surface area contributed by atoms with E-state index in [4.69, 9.17) is 10.4 Å². The third-order valence-electron chi connectivity index (χ3n) is 4.07. The van der Waals surface area contributed by atoms with E-state index >= 15 is 0 Å². The van der Waals surface area contributed by atoms with Gasteiger partial charge in [0.15, 0.2) is 0 Å². The Morgan fingerprint density at radius 3 is 2.76 bits per heavy atom. The number of nitrogens with zero attached hydrogens (tertiary/aromatic N) is 2. The second-order valence-corrected chi connectivity index (χ2v) is 5.54. The number of hydrogen-bond donors (Lipinski definition) is 1. The maximum atomic E-state index is 14.0. The number of nitriles is 1. The van der Waals surface area contributed by atoms with Gasteiger partial charge in [0, 0.05) is 18.5 Å². The van der Waals surface area contributed by atoms with E-state index in [0.717, 1.165) is 32.4 Å². The van der Waals surface area contributed by atoms with Crippen LogP contribution in [0.15, 0.2) is 18.2 Å². The third kappa shape index (κ3) is 4.27. The summed E-state index contributed by atoms with van der Waals surface area (Å²) >= 11 is 0. The van der Waals surface area contributed by atoms with Gasteiger partial charge in [-0.25, -0.2) is 4.39 Å². The standard InChI is InChI=1S/C16H19FN2O2/c17-16-13(10-18)2-1-3-14(16)11-19-8-6-12(7-9-19)4-5-15(20)21/h1-3,12H,4-9,11H2,(H,20,21). The second kappa shape index (κ2) is 7.19. The first-order chi connectivity index (χ1) is 10.1. The van der Waals surface area contributed by atoms with E-state index < -0.39 is 11.8 Å². The number of hydrogen-bond acceptors (Lipinski definition) is 3. The molecule has 0 amide bonds. The lowest BCUT2D eigenvalue weighted by Gasteiger charge is -2.31. The Labute approximate surface area is 123 Å². The molecule has 112 valence electrons. The van der Waals surface area contributed by atoms with Crippen LogP contribution in [0.4, 0.5) is 4.39 Å². The topological polar surface area (TPSA) is 64.3 Å². The summed E-state index contributed by atoms with van der Waals surface area (Å²) in [5.41, 5.74) is 0.641. The van der Waals surface area contributed by atoms with Gasteiger partial charge in [-0.2, -0.15) is 5.26 Å². The van der Waals surface area contributed by atoms with Gasteiger partial charge in [-0.3, -0.25) is 9.69 Å². The van der Waals surface area contributed by atoms with Crippen molar-refractivity contribution in [2.45, 2.75) is 32.2 Å². The molecule has 0 atom stereocenters. The Hall–Kier alpha value is -1.93. The lowest BCUT2D eigenvalue weighted by molar-refractivity contribution is -0.137. The number of benzene rings is 1. The Kier molecular flexibility index (Phi) is 5.29. The van der Waals surface area contributed by atoms with Crippen LogP contribution >= 0.6 is 0 Å². The highest BCUT2D eigenvalue weighted by Crippen LogP contribution is 2.24. The first kappa shape index (κ1) is 15.5. The van der Waals surface area contributed by atoms with Crippen molar-refractivity contribution in [1.82, 2.24) is 4.90 Å². The van der Waals surface area contributed by atoms with Gasteiger partial charge in [0.25, 0.3) is 0 Å². The Morgan fingerprint density at radius 1 is 1.43 bits per heavy atom. The molecule has 4 nitrogen and oxygen atoms in total. The summed E-state index contributed by atoms with van der Waals surface area (Å²) < 4.78 is 14.0. The third-order valence-corrected chi connectivity index (χ3v) is 4.07. The minimum absolute atomic E-state index is 0.0869. The zero-order valence-corrected chi connectivity index (χ0v) is 11.9. The predicted octanol–water partition coefficient (Wildman–Crippen LogP) is 2.77. The smallest absolute Gasteiger partial charge is 0.303 e. The zero-order valence-electron chi connectivity index (χ0n) is 11.9. The maximum absolute atomic E-state index is 14.0. The maximum Gasteiger partial charge on any atom is 0.303 e. The Morgan fingerprint density at radius 2 is 2.14 bits per heavy atom. The normalized spacial score (nSPS) is 16.6. The highest BCUT2D eigenvalue weighted by molar-refractivity contribution is 5.66. The summed E-state index contributed by atoms with van der Waals surface area (Å²) in [5, 5.41) is 17.5. The van der Waals surface area contributed by atoms with Crippen LogP contribution in [0.2, 0.25) is 0 Å². The number of carbonyl (C=O) groups is 1. The summed E-state index contributed by atoms with van der Waals surface area (Å²) in [5.74, 6) is -0.714. The number of rotatable bonds is 5. The van der Waals surface area contributed by atoms with E-state index in [1.165, 1.54) is 6.07 Å². The van der Waals surface area contributed by atoms with Crippen molar-refractivity contribution in [3.63, 3.8) is 0 Å². The van der Waals surface area contributed by atoms with Crippen LogP contribution in [0, 0.1) is 23.1 Å². The SMILES string of the molecule is N#Cc1cccc(CN2CCC(CCC(=O)O)CC2)c1F. The molecule has 1 saturated heterocycles. The molecule has 0 aliphatic carbocycles. The van der Waals surface area contributed by atoms with Crippen molar-refractivity contribution in [3.8, 4) is 6.07 Å². The van der Waals surface area contributed by atoms with Crippen LogP contribution < -0.4 is 0 Å². The van der Waals surface area contributed by atoms with Gasteiger partial charge in [-0.05, 0) is 44.3 Å². The van der Waals surface area contributed by atoms with Gasteiger partial charge in [0.1, 0.15) is 11.9 Å². The van der Waals surface area contributed by atoms with E-state index in [-0.39, 0.29) is 12.0 Å². The van der Waals surface area contributed by atoms with Gasteiger partial charge >= 0.3 is 5.97 Å². The monoisotopic (exact) mass is 290 g/mol. The first-order valence-corrected chi connectivity index (χ1v) is 7.21. The molecular formula is C16H19FN2O2. The van der Waals surface area contributed by atoms with Crippen molar-refractivity contribution >= 4 is 5.97 Å². The van der Waals surface area contributed by atoms with Crippen molar-refractivity contribution in [1.29, 1.82) is 5.26 Å². The molecule has 0 unspecified atom stereocenters. The number of carboxylic acids is 1. The van der Waals surface area contributed by atoms with E-state index in [1.54, 1.807) is 12.1 Å². The summed E-state index contributed by atoms with van der Waals surface area (Å²) in [7, 11) is 0. The fraction of sp³-hybridized carbons (Fsp3) is 0.500. The van der Waals surface area contributed by atoms with Gasteiger partial charge in [-0.15, -0.1) is 0 Å². The van der Waals surface area contributed by atoms with Crippen molar-refractivity contribution in [3.05, 3.63) is 35.1 Å². The second-order valence-electron chi connectivity index (χ2n) is 5.54. The predicted molar refractivity (Wildman–Crippen MR) is 76.0 cm³/mol. The van der Waals surface area contributed by atoms with Gasteiger partial charge in [-0.1, -0.05) is 12.1 Å². The van der Waals surface area contributed by atoms with Crippen LogP contribution in [0.5, 0.6) is 0 Å². The number of halogens is 1. The molecule has 1 N–H and O–H groups in total. The molecule has 1 heterocycles. The molecule has 0 radical (unpaired) electrons.